The molecule has 9 heteroatoms. The Morgan fingerprint density at radius 1 is 1.13 bits per heavy atom. The first-order chi connectivity index (χ1) is 14.8. The van der Waals surface area contributed by atoms with Gasteiger partial charge in [0.15, 0.2) is 0 Å². The number of piperidine rings is 1. The number of aromatic nitrogens is 2. The van der Waals surface area contributed by atoms with Crippen molar-refractivity contribution in [1.29, 1.82) is 0 Å². The highest BCUT2D eigenvalue weighted by molar-refractivity contribution is 7.89. The molecule has 2 aliphatic heterocycles. The molecule has 1 aromatic carbocycles. The molecule has 3 heterocycles. The smallest absolute Gasteiger partial charge is 0.246 e. The van der Waals surface area contributed by atoms with Crippen molar-refractivity contribution in [3.8, 4) is 0 Å². The molecule has 0 spiro atoms. The van der Waals surface area contributed by atoms with E-state index in [0.29, 0.717) is 26.1 Å². The van der Waals surface area contributed by atoms with Crippen LogP contribution in [0.15, 0.2) is 41.6 Å². The molecule has 4 rings (SSSR count). The third kappa shape index (κ3) is 4.83. The van der Waals surface area contributed by atoms with Crippen LogP contribution in [0.4, 0.5) is 0 Å². The largest absolute Gasteiger partial charge is 0.340 e. The molecule has 0 N–H and O–H groups in total. The van der Waals surface area contributed by atoms with Crippen molar-refractivity contribution in [2.24, 2.45) is 13.0 Å². The lowest BCUT2D eigenvalue weighted by Crippen LogP contribution is -2.52. The first-order valence-electron chi connectivity index (χ1n) is 10.9. The number of hydrogen-bond donors (Lipinski definition) is 0. The fourth-order valence-electron chi connectivity index (χ4n) is 4.46. The summed E-state index contributed by atoms with van der Waals surface area (Å²) in [5.41, 5.74) is 2.61. The van der Waals surface area contributed by atoms with E-state index in [-0.39, 0.29) is 23.3 Å². The van der Waals surface area contributed by atoms with E-state index in [1.807, 2.05) is 4.90 Å². The molecule has 2 aromatic rings. The Hall–Kier alpha value is -2.23. The number of hydrogen-bond acceptors (Lipinski definition) is 5. The molecule has 31 heavy (non-hydrogen) atoms. The van der Waals surface area contributed by atoms with Gasteiger partial charge in [0.05, 0.1) is 12.1 Å². The maximum atomic E-state index is 13.2. The zero-order valence-electron chi connectivity index (χ0n) is 18.3. The maximum absolute atomic E-state index is 13.2. The second kappa shape index (κ2) is 9.10. The fourth-order valence-corrected chi connectivity index (χ4v) is 5.97. The predicted octanol–water partition coefficient (Wildman–Crippen LogP) is 1.47. The van der Waals surface area contributed by atoms with E-state index < -0.39 is 10.0 Å². The van der Waals surface area contributed by atoms with E-state index in [9.17, 15) is 13.2 Å². The Kier molecular flexibility index (Phi) is 6.45. The van der Waals surface area contributed by atoms with Crippen LogP contribution in [-0.2, 0) is 28.4 Å². The average Bonchev–Trinajstić information content (AvgIpc) is 3.23. The lowest BCUT2D eigenvalue weighted by atomic mass is 9.97. The molecule has 168 valence electrons. The summed E-state index contributed by atoms with van der Waals surface area (Å²) in [6, 6.07) is 8.41. The predicted molar refractivity (Wildman–Crippen MR) is 118 cm³/mol. The maximum Gasteiger partial charge on any atom is 0.246 e. The first-order valence-corrected chi connectivity index (χ1v) is 12.3. The van der Waals surface area contributed by atoms with E-state index in [2.05, 4.69) is 41.2 Å². The molecule has 2 saturated heterocycles. The van der Waals surface area contributed by atoms with Gasteiger partial charge in [-0.05, 0) is 30.9 Å². The first kappa shape index (κ1) is 22.0. The molecule has 1 aromatic heterocycles. The van der Waals surface area contributed by atoms with Gasteiger partial charge in [0, 0.05) is 59.1 Å². The molecular weight excluding hydrogens is 414 g/mol. The van der Waals surface area contributed by atoms with Crippen molar-refractivity contribution >= 4 is 15.9 Å². The highest BCUT2D eigenvalue weighted by atomic mass is 32.2. The summed E-state index contributed by atoms with van der Waals surface area (Å²) in [6.45, 7) is 6.78. The van der Waals surface area contributed by atoms with Crippen LogP contribution >= 0.6 is 0 Å². The van der Waals surface area contributed by atoms with E-state index in [1.54, 1.807) is 7.05 Å². The summed E-state index contributed by atoms with van der Waals surface area (Å²) in [6.07, 6.45) is 4.31. The number of nitrogens with zero attached hydrogens (tertiary/aromatic N) is 5. The summed E-state index contributed by atoms with van der Waals surface area (Å²) in [7, 11) is -1.92. The van der Waals surface area contributed by atoms with Crippen LogP contribution in [-0.4, -0.2) is 77.5 Å². The normalized spacial score (nSPS) is 21.4. The number of sulfonamides is 1. The van der Waals surface area contributed by atoms with Gasteiger partial charge in [-0.3, -0.25) is 14.4 Å². The zero-order valence-corrected chi connectivity index (χ0v) is 19.1. The third-order valence-corrected chi connectivity index (χ3v) is 8.21. The zero-order chi connectivity index (χ0) is 22.0. The number of benzene rings is 1. The lowest BCUT2D eigenvalue weighted by Gasteiger charge is -2.38. The Morgan fingerprint density at radius 2 is 1.87 bits per heavy atom. The molecule has 1 atom stereocenters. The molecule has 0 bridgehead atoms. The number of carbonyl (C=O) groups excluding carboxylic acids is 1. The molecule has 0 saturated carbocycles. The van der Waals surface area contributed by atoms with Crippen LogP contribution in [0.3, 0.4) is 0 Å². The van der Waals surface area contributed by atoms with Gasteiger partial charge in [-0.2, -0.15) is 9.40 Å². The summed E-state index contributed by atoms with van der Waals surface area (Å²) in [5.74, 6) is -0.190. The van der Waals surface area contributed by atoms with Gasteiger partial charge in [-0.15, -0.1) is 0 Å². The molecule has 0 radical (unpaired) electrons. The highest BCUT2D eigenvalue weighted by Gasteiger charge is 2.36. The minimum atomic E-state index is -3.61. The fraction of sp³-hybridized carbons (Fsp3) is 0.545. The molecule has 0 unspecified atom stereocenters. The van der Waals surface area contributed by atoms with E-state index in [4.69, 9.17) is 0 Å². The second-order valence-corrected chi connectivity index (χ2v) is 10.5. The van der Waals surface area contributed by atoms with E-state index >= 15 is 0 Å². The summed E-state index contributed by atoms with van der Waals surface area (Å²) < 4.78 is 28.8. The number of amides is 1. The van der Waals surface area contributed by atoms with Gasteiger partial charge in [0.2, 0.25) is 15.9 Å². The van der Waals surface area contributed by atoms with Gasteiger partial charge in [0.25, 0.3) is 0 Å². The number of rotatable bonds is 5. The van der Waals surface area contributed by atoms with Gasteiger partial charge in [0.1, 0.15) is 4.90 Å². The van der Waals surface area contributed by atoms with Gasteiger partial charge in [-0.25, -0.2) is 8.42 Å². The summed E-state index contributed by atoms with van der Waals surface area (Å²) in [4.78, 5) is 17.6. The van der Waals surface area contributed by atoms with Crippen LogP contribution in [0.5, 0.6) is 0 Å². The molecule has 0 aliphatic carbocycles. The number of aryl methyl sites for hydroxylation is 2. The van der Waals surface area contributed by atoms with Gasteiger partial charge < -0.3 is 4.90 Å². The third-order valence-electron chi connectivity index (χ3n) is 6.39. The van der Waals surface area contributed by atoms with E-state index in [0.717, 1.165) is 26.1 Å². The summed E-state index contributed by atoms with van der Waals surface area (Å²) in [5, 5.41) is 3.98. The Morgan fingerprint density at radius 3 is 2.55 bits per heavy atom. The van der Waals surface area contributed by atoms with Crippen molar-refractivity contribution < 1.29 is 13.2 Å². The van der Waals surface area contributed by atoms with Gasteiger partial charge >= 0.3 is 0 Å². The molecule has 2 fully saturated rings. The van der Waals surface area contributed by atoms with Crippen molar-refractivity contribution in [3.63, 3.8) is 0 Å². The molecule has 1 amide bonds. The molecule has 2 aliphatic rings. The second-order valence-electron chi connectivity index (χ2n) is 8.58. The van der Waals surface area contributed by atoms with Crippen LogP contribution in [0.1, 0.15) is 24.0 Å². The quantitative estimate of drug-likeness (QED) is 0.697. The standard InChI is InChI=1S/C22H31N5O3S/c1-18-6-3-4-7-19(18)15-25-10-12-26(13-11-25)22(28)20-8-5-9-27(16-20)31(29,30)21-14-23-24(2)17-21/h3-4,6-7,14,17,20H,5,8-13,15-16H2,1-2H3/t20-/m1/s1. The van der Waals surface area contributed by atoms with Crippen molar-refractivity contribution in [3.05, 3.63) is 47.8 Å². The van der Waals surface area contributed by atoms with Crippen molar-refractivity contribution in [1.82, 2.24) is 23.9 Å². The molecule has 8 nitrogen and oxygen atoms in total. The van der Waals surface area contributed by atoms with Crippen LogP contribution in [0.2, 0.25) is 0 Å². The van der Waals surface area contributed by atoms with E-state index in [1.165, 1.54) is 32.5 Å². The lowest BCUT2D eigenvalue weighted by molar-refractivity contribution is -0.138. The Bertz CT molecular complexity index is 1030. The Balaban J connectivity index is 1.34. The number of piperazine rings is 1. The van der Waals surface area contributed by atoms with Crippen molar-refractivity contribution in [2.75, 3.05) is 39.3 Å². The van der Waals surface area contributed by atoms with Crippen LogP contribution < -0.4 is 0 Å². The highest BCUT2D eigenvalue weighted by Crippen LogP contribution is 2.25. The average molecular weight is 446 g/mol. The SMILES string of the molecule is Cc1ccccc1CN1CCN(C(=O)[C@@H]2CCCN(S(=O)(=O)c3cnn(C)c3)C2)CC1. The minimum Gasteiger partial charge on any atom is -0.340 e. The van der Waals surface area contributed by atoms with Crippen LogP contribution in [0, 0.1) is 12.8 Å². The topological polar surface area (TPSA) is 78.8 Å². The summed E-state index contributed by atoms with van der Waals surface area (Å²) >= 11 is 0. The molecular formula is C22H31N5O3S. The number of carbonyl (C=O) groups is 1. The van der Waals surface area contributed by atoms with Crippen molar-refractivity contribution in [2.45, 2.75) is 31.2 Å². The Labute approximate surface area is 184 Å². The monoisotopic (exact) mass is 445 g/mol. The van der Waals surface area contributed by atoms with Crippen LogP contribution in [0.25, 0.3) is 0 Å². The minimum absolute atomic E-state index is 0.0848. The van der Waals surface area contributed by atoms with Gasteiger partial charge in [-0.1, -0.05) is 24.3 Å².